The lowest BCUT2D eigenvalue weighted by atomic mass is 10.5. The largest absolute Gasteiger partial charge is 0.465 e. The molecule has 0 spiro atoms. The standard InChI is InChI=1S/C8H17NO2.ClH/c1-4-9(5-2)6-7-11-8(3)10;/h4-7H2,1-3H3;1H. The molecule has 0 saturated carbocycles. The second kappa shape index (κ2) is 8.81. The molecule has 0 fully saturated rings. The van der Waals surface area contributed by atoms with Gasteiger partial charge in [0.2, 0.25) is 0 Å². The zero-order chi connectivity index (χ0) is 8.69. The molecule has 0 atom stereocenters. The quantitative estimate of drug-likeness (QED) is 0.620. The van der Waals surface area contributed by atoms with Crippen LogP contribution in [0.1, 0.15) is 20.8 Å². The summed E-state index contributed by atoms with van der Waals surface area (Å²) in [6.45, 7) is 9.00. The third-order valence-corrected chi connectivity index (χ3v) is 1.61. The lowest BCUT2D eigenvalue weighted by molar-refractivity contribution is -0.141. The van der Waals surface area contributed by atoms with E-state index in [1.54, 1.807) is 0 Å². The monoisotopic (exact) mass is 195 g/mol. The lowest BCUT2D eigenvalue weighted by Gasteiger charge is -2.16. The molecule has 0 N–H and O–H groups in total. The highest BCUT2D eigenvalue weighted by Gasteiger charge is 1.98. The van der Waals surface area contributed by atoms with E-state index in [-0.39, 0.29) is 18.4 Å². The first kappa shape index (κ1) is 14.3. The van der Waals surface area contributed by atoms with Gasteiger partial charge in [0.15, 0.2) is 0 Å². The van der Waals surface area contributed by atoms with Crippen molar-refractivity contribution < 1.29 is 9.53 Å². The van der Waals surface area contributed by atoms with E-state index in [9.17, 15) is 4.79 Å². The lowest BCUT2D eigenvalue weighted by Crippen LogP contribution is -2.27. The van der Waals surface area contributed by atoms with Gasteiger partial charge >= 0.3 is 5.97 Å². The van der Waals surface area contributed by atoms with Gasteiger partial charge in [-0.2, -0.15) is 0 Å². The minimum atomic E-state index is -0.197. The van der Waals surface area contributed by atoms with E-state index < -0.39 is 0 Å². The summed E-state index contributed by atoms with van der Waals surface area (Å²) in [5, 5.41) is 0. The average Bonchev–Trinajstić information content (AvgIpc) is 1.98. The van der Waals surface area contributed by atoms with E-state index in [4.69, 9.17) is 4.74 Å². The normalized spacial score (nSPS) is 9.33. The van der Waals surface area contributed by atoms with E-state index in [2.05, 4.69) is 18.7 Å². The number of carbonyl (C=O) groups excluding carboxylic acids is 1. The first-order valence-electron chi connectivity index (χ1n) is 4.06. The molecule has 0 aromatic heterocycles. The Morgan fingerprint density at radius 3 is 2.17 bits per heavy atom. The van der Waals surface area contributed by atoms with Crippen molar-refractivity contribution in [2.45, 2.75) is 20.8 Å². The molecule has 0 radical (unpaired) electrons. The van der Waals surface area contributed by atoms with Crippen LogP contribution >= 0.6 is 12.4 Å². The Kier molecular flexibility index (Phi) is 10.5. The summed E-state index contributed by atoms with van der Waals surface area (Å²) in [6, 6.07) is 0. The topological polar surface area (TPSA) is 29.5 Å². The van der Waals surface area contributed by atoms with Crippen molar-refractivity contribution in [3.05, 3.63) is 0 Å². The maximum absolute atomic E-state index is 10.4. The molecule has 0 aliphatic carbocycles. The molecule has 3 nitrogen and oxygen atoms in total. The number of nitrogens with zero attached hydrogens (tertiary/aromatic N) is 1. The van der Waals surface area contributed by atoms with E-state index in [1.807, 2.05) is 0 Å². The SMILES string of the molecule is CCN(CC)CCOC(C)=O.Cl. The third-order valence-electron chi connectivity index (χ3n) is 1.61. The summed E-state index contributed by atoms with van der Waals surface area (Å²) in [5.41, 5.74) is 0. The number of likely N-dealkylation sites (N-methyl/N-ethyl adjacent to an activating group) is 1. The molecule has 0 rings (SSSR count). The molecule has 4 heteroatoms. The third kappa shape index (κ3) is 7.82. The van der Waals surface area contributed by atoms with Gasteiger partial charge in [0.1, 0.15) is 6.61 Å². The summed E-state index contributed by atoms with van der Waals surface area (Å²) >= 11 is 0. The van der Waals surface area contributed by atoms with Crippen LogP contribution in [0.25, 0.3) is 0 Å². The van der Waals surface area contributed by atoms with Crippen molar-refractivity contribution >= 4 is 18.4 Å². The van der Waals surface area contributed by atoms with Crippen molar-refractivity contribution in [2.75, 3.05) is 26.2 Å². The first-order valence-corrected chi connectivity index (χ1v) is 4.06. The number of esters is 1. The van der Waals surface area contributed by atoms with Crippen molar-refractivity contribution in [3.8, 4) is 0 Å². The Morgan fingerprint density at radius 1 is 1.33 bits per heavy atom. The number of halogens is 1. The van der Waals surface area contributed by atoms with Crippen LogP contribution in [0.2, 0.25) is 0 Å². The van der Waals surface area contributed by atoms with Crippen molar-refractivity contribution in [1.29, 1.82) is 0 Å². The highest BCUT2D eigenvalue weighted by Crippen LogP contribution is 1.86. The Hall–Kier alpha value is -0.280. The van der Waals surface area contributed by atoms with Gasteiger partial charge in [-0.15, -0.1) is 12.4 Å². The maximum Gasteiger partial charge on any atom is 0.302 e. The van der Waals surface area contributed by atoms with Gasteiger partial charge in [0, 0.05) is 13.5 Å². The summed E-state index contributed by atoms with van der Waals surface area (Å²) in [5.74, 6) is -0.197. The highest BCUT2D eigenvalue weighted by atomic mass is 35.5. The van der Waals surface area contributed by atoms with E-state index in [0.717, 1.165) is 19.6 Å². The van der Waals surface area contributed by atoms with Gasteiger partial charge in [-0.1, -0.05) is 13.8 Å². The van der Waals surface area contributed by atoms with Crippen molar-refractivity contribution in [1.82, 2.24) is 4.90 Å². The fraction of sp³-hybridized carbons (Fsp3) is 0.875. The van der Waals surface area contributed by atoms with Gasteiger partial charge in [-0.05, 0) is 13.1 Å². The number of ether oxygens (including phenoxy) is 1. The Morgan fingerprint density at radius 2 is 1.83 bits per heavy atom. The van der Waals surface area contributed by atoms with Crippen LogP contribution in [0.15, 0.2) is 0 Å². The van der Waals surface area contributed by atoms with Gasteiger partial charge in [0.25, 0.3) is 0 Å². The number of hydrogen-bond acceptors (Lipinski definition) is 3. The minimum Gasteiger partial charge on any atom is -0.465 e. The molecule has 0 amide bonds. The predicted octanol–water partition coefficient (Wildman–Crippen LogP) is 1.31. The van der Waals surface area contributed by atoms with Gasteiger partial charge in [0.05, 0.1) is 0 Å². The number of rotatable bonds is 5. The number of carbonyl (C=O) groups is 1. The molecule has 0 unspecified atom stereocenters. The smallest absolute Gasteiger partial charge is 0.302 e. The number of hydrogen-bond donors (Lipinski definition) is 0. The van der Waals surface area contributed by atoms with Gasteiger partial charge in [-0.3, -0.25) is 4.79 Å². The zero-order valence-corrected chi connectivity index (χ0v) is 8.82. The Balaban J connectivity index is 0. The highest BCUT2D eigenvalue weighted by molar-refractivity contribution is 5.85. The summed E-state index contributed by atoms with van der Waals surface area (Å²) in [4.78, 5) is 12.6. The second-order valence-electron chi connectivity index (χ2n) is 2.37. The molecule has 0 aliphatic heterocycles. The zero-order valence-electron chi connectivity index (χ0n) is 8.00. The van der Waals surface area contributed by atoms with E-state index >= 15 is 0 Å². The predicted molar refractivity (Wildman–Crippen MR) is 51.7 cm³/mol. The van der Waals surface area contributed by atoms with E-state index in [0.29, 0.717) is 6.61 Å². The molecule has 0 saturated heterocycles. The van der Waals surface area contributed by atoms with Crippen LogP contribution in [0.3, 0.4) is 0 Å². The van der Waals surface area contributed by atoms with Gasteiger partial charge < -0.3 is 9.64 Å². The Labute approximate surface area is 80.5 Å². The maximum atomic E-state index is 10.4. The molecule has 74 valence electrons. The molecular formula is C8H18ClNO2. The summed E-state index contributed by atoms with van der Waals surface area (Å²) in [7, 11) is 0. The fourth-order valence-corrected chi connectivity index (χ4v) is 0.858. The second-order valence-corrected chi connectivity index (χ2v) is 2.37. The Bertz CT molecular complexity index is 116. The first-order chi connectivity index (χ1) is 5.20. The van der Waals surface area contributed by atoms with Crippen molar-refractivity contribution in [2.24, 2.45) is 0 Å². The van der Waals surface area contributed by atoms with Crippen LogP contribution in [0.5, 0.6) is 0 Å². The van der Waals surface area contributed by atoms with Crippen LogP contribution in [0, 0.1) is 0 Å². The fourth-order valence-electron chi connectivity index (χ4n) is 0.858. The van der Waals surface area contributed by atoms with E-state index in [1.165, 1.54) is 6.92 Å². The van der Waals surface area contributed by atoms with Crippen LogP contribution in [0.4, 0.5) is 0 Å². The minimum absolute atomic E-state index is 0. The summed E-state index contributed by atoms with van der Waals surface area (Å²) in [6.07, 6.45) is 0. The molecule has 0 aromatic rings. The van der Waals surface area contributed by atoms with Gasteiger partial charge in [-0.25, -0.2) is 0 Å². The molecule has 0 bridgehead atoms. The molecule has 12 heavy (non-hydrogen) atoms. The van der Waals surface area contributed by atoms with Crippen LogP contribution < -0.4 is 0 Å². The molecular weight excluding hydrogens is 178 g/mol. The van der Waals surface area contributed by atoms with Crippen LogP contribution in [-0.2, 0) is 9.53 Å². The molecule has 0 aromatic carbocycles. The summed E-state index contributed by atoms with van der Waals surface area (Å²) < 4.78 is 4.80. The van der Waals surface area contributed by atoms with Crippen molar-refractivity contribution in [3.63, 3.8) is 0 Å². The molecule has 0 heterocycles. The molecule has 0 aliphatic rings. The van der Waals surface area contributed by atoms with Crippen LogP contribution in [-0.4, -0.2) is 37.1 Å². The average molecular weight is 196 g/mol.